The summed E-state index contributed by atoms with van der Waals surface area (Å²) in [5, 5.41) is 13.7. The zero-order valence-corrected chi connectivity index (χ0v) is 51.4. The van der Waals surface area contributed by atoms with Crippen LogP contribution in [0.3, 0.4) is 0 Å². The van der Waals surface area contributed by atoms with Gasteiger partial charge < -0.3 is 5.73 Å². The maximum absolute atomic E-state index is 12.5. The molecule has 0 unspecified atom stereocenters. The van der Waals surface area contributed by atoms with E-state index in [9.17, 15) is 17.6 Å². The lowest BCUT2D eigenvalue weighted by Crippen LogP contribution is -2.09. The topological polar surface area (TPSA) is 98.6 Å². The first-order valence-electron chi connectivity index (χ1n) is 27.5. The monoisotopic (exact) mass is 1130 g/mol. The molecule has 5 nitrogen and oxygen atoms in total. The highest BCUT2D eigenvalue weighted by molar-refractivity contribution is 6.31. The number of hydrogen-bond donors (Lipinski definition) is 1. The number of nitrogens with two attached hydrogens (primary N) is 1. The average Bonchev–Trinajstić information content (AvgIpc) is 3.41. The molecule has 0 amide bonds. The van der Waals surface area contributed by atoms with E-state index in [0.29, 0.717) is 46.1 Å². The van der Waals surface area contributed by atoms with Gasteiger partial charge in [-0.25, -0.2) is 4.39 Å². The van der Waals surface area contributed by atoms with Crippen molar-refractivity contribution in [2.45, 2.75) is 164 Å². The van der Waals surface area contributed by atoms with Crippen molar-refractivity contribution in [2.75, 3.05) is 6.54 Å². The minimum Gasteiger partial charge on any atom is -0.330 e. The Kier molecular flexibility index (Phi) is 34.3. The number of aryl methyl sites for hydroxylation is 2. The van der Waals surface area contributed by atoms with Crippen LogP contribution >= 0.6 is 23.2 Å². The molecule has 0 saturated carbocycles. The Balaban J connectivity index is 0.000000468. The summed E-state index contributed by atoms with van der Waals surface area (Å²) in [5.41, 5.74) is 25.4. The summed E-state index contributed by atoms with van der Waals surface area (Å²) in [6.07, 6.45) is -2.03. The number of benzene rings is 7. The van der Waals surface area contributed by atoms with Gasteiger partial charge in [-0.3, -0.25) is 0 Å². The third-order valence-electron chi connectivity index (χ3n) is 12.6. The maximum atomic E-state index is 12.5. The number of nitriles is 1. The maximum Gasteiger partial charge on any atom is 0.416 e. The summed E-state index contributed by atoms with van der Waals surface area (Å²) in [4.78, 5) is 2.77. The molecule has 11 heteroatoms. The van der Waals surface area contributed by atoms with E-state index in [1.807, 2.05) is 80.6 Å². The first kappa shape index (κ1) is 71.6. The third kappa shape index (κ3) is 26.7. The van der Waals surface area contributed by atoms with Crippen molar-refractivity contribution in [2.24, 2.45) is 10.8 Å². The minimum absolute atomic E-state index is 0.0992. The molecule has 0 aliphatic rings. The van der Waals surface area contributed by atoms with E-state index in [2.05, 4.69) is 147 Å². The van der Waals surface area contributed by atoms with Gasteiger partial charge in [0.2, 0.25) is 0 Å². The fourth-order valence-electron chi connectivity index (χ4n) is 8.24. The second kappa shape index (κ2) is 38.3. The van der Waals surface area contributed by atoms with Gasteiger partial charge in [-0.2, -0.15) is 18.4 Å². The zero-order valence-electron chi connectivity index (χ0n) is 49.9. The molecule has 7 aromatic carbocycles. The molecule has 80 heavy (non-hydrogen) atoms. The fourth-order valence-corrected chi connectivity index (χ4v) is 8.98. The van der Waals surface area contributed by atoms with Crippen molar-refractivity contribution in [3.63, 3.8) is 0 Å². The standard InChI is InChI=1S/C12H19N.C10H11F3.C10H11N.C10H14.C9H10ClF.C9H11Cl.C9H11N3/c1-10(2)12-8-4-3-6-11(12)7-5-9-13;1-7(2)8-5-3-4-6-9(8)10(11,12)13;1-8(2)10-6-4-3-5-9(10)7-11;1-8(2)10-7-5-4-6-9(10)3;1-6(2)8-4-3-7(11)5-9(8)10;1-7(2)8-5-3-4-6-9(8)10;1-7(2)8-5-3-4-6-9(8)11-12-10/h3-4,6,8,10H,5,7,9,13H2,1-2H3;3-7H,1-2H3;3-6,8H,1-2H3;4-8H,1-3H3;3-6H,1-2H3;3-7H,1-2H3;3-7H,1-2H3. The molecule has 0 aliphatic carbocycles. The molecular formula is C69H87Cl2F4N5. The molecule has 0 atom stereocenters. The van der Waals surface area contributed by atoms with Crippen molar-refractivity contribution >= 4 is 28.9 Å². The summed E-state index contributed by atoms with van der Waals surface area (Å²) < 4.78 is 49.8. The lowest BCUT2D eigenvalue weighted by Gasteiger charge is -2.14. The smallest absolute Gasteiger partial charge is 0.330 e. The molecule has 0 radical (unpaired) electrons. The number of halogens is 6. The average molecular weight is 1130 g/mol. The second-order valence-corrected chi connectivity index (χ2v) is 22.1. The van der Waals surface area contributed by atoms with Crippen molar-refractivity contribution in [3.8, 4) is 6.07 Å². The minimum atomic E-state index is -4.24. The van der Waals surface area contributed by atoms with Crippen LogP contribution in [0.5, 0.6) is 0 Å². The Morgan fingerprint density at radius 1 is 0.512 bits per heavy atom. The molecule has 0 fully saturated rings. The highest BCUT2D eigenvalue weighted by atomic mass is 35.5. The van der Waals surface area contributed by atoms with Gasteiger partial charge in [0.05, 0.1) is 17.2 Å². The molecule has 7 rings (SSSR count). The van der Waals surface area contributed by atoms with Crippen LogP contribution in [-0.2, 0) is 12.6 Å². The summed E-state index contributed by atoms with van der Waals surface area (Å²) >= 11 is 11.7. The van der Waals surface area contributed by atoms with Gasteiger partial charge in [-0.1, -0.05) is 259 Å². The quantitative estimate of drug-likeness (QED) is 0.0604. The van der Waals surface area contributed by atoms with E-state index in [-0.39, 0.29) is 11.7 Å². The molecular weight excluding hydrogens is 1050 g/mol. The second-order valence-electron chi connectivity index (χ2n) is 21.3. The van der Waals surface area contributed by atoms with Crippen LogP contribution in [-0.4, -0.2) is 6.54 Å². The molecule has 430 valence electrons. The summed E-state index contributed by atoms with van der Waals surface area (Å²) in [6.45, 7) is 32.1. The van der Waals surface area contributed by atoms with Crippen LogP contribution in [0.25, 0.3) is 10.4 Å². The van der Waals surface area contributed by atoms with Crippen LogP contribution in [0.1, 0.15) is 206 Å². The highest BCUT2D eigenvalue weighted by Gasteiger charge is 2.33. The van der Waals surface area contributed by atoms with E-state index < -0.39 is 11.7 Å². The third-order valence-corrected chi connectivity index (χ3v) is 13.2. The first-order chi connectivity index (χ1) is 37.7. The highest BCUT2D eigenvalue weighted by Crippen LogP contribution is 2.35. The lowest BCUT2D eigenvalue weighted by molar-refractivity contribution is -0.138. The Labute approximate surface area is 488 Å². The van der Waals surface area contributed by atoms with E-state index in [4.69, 9.17) is 39.7 Å². The summed E-state index contributed by atoms with van der Waals surface area (Å²) in [6, 6.07) is 52.9. The van der Waals surface area contributed by atoms with E-state index >= 15 is 0 Å². The lowest BCUT2D eigenvalue weighted by atomic mass is 9.95. The van der Waals surface area contributed by atoms with Gasteiger partial charge in [0.1, 0.15) is 5.82 Å². The predicted octanol–water partition coefficient (Wildman–Crippen LogP) is 23.1. The largest absolute Gasteiger partial charge is 0.416 e. The molecule has 7 aromatic rings. The Hall–Kier alpha value is -6.40. The van der Waals surface area contributed by atoms with Crippen LogP contribution in [0.15, 0.2) is 169 Å². The number of alkyl halides is 3. The number of hydrogen-bond acceptors (Lipinski definition) is 3. The molecule has 0 aliphatic heterocycles. The van der Waals surface area contributed by atoms with Crippen molar-refractivity contribution in [3.05, 3.63) is 251 Å². The molecule has 0 bridgehead atoms. The number of azide groups is 1. The number of rotatable bonds is 11. The van der Waals surface area contributed by atoms with Gasteiger partial charge in [0.15, 0.2) is 0 Å². The Bertz CT molecular complexity index is 2900. The Morgan fingerprint density at radius 3 is 1.34 bits per heavy atom. The molecule has 0 aromatic heterocycles. The van der Waals surface area contributed by atoms with Gasteiger partial charge in [0.25, 0.3) is 0 Å². The summed E-state index contributed by atoms with van der Waals surface area (Å²) in [5.74, 6) is 2.60. The van der Waals surface area contributed by atoms with Crippen LogP contribution in [0.2, 0.25) is 10.0 Å². The van der Waals surface area contributed by atoms with E-state index in [1.54, 1.807) is 26.0 Å². The zero-order chi connectivity index (χ0) is 60.5. The van der Waals surface area contributed by atoms with Gasteiger partial charge in [0, 0.05) is 20.6 Å². The molecule has 2 N–H and O–H groups in total. The first-order valence-corrected chi connectivity index (χ1v) is 28.3. The van der Waals surface area contributed by atoms with Crippen LogP contribution in [0, 0.1) is 24.1 Å². The van der Waals surface area contributed by atoms with Crippen molar-refractivity contribution < 1.29 is 17.6 Å². The van der Waals surface area contributed by atoms with Gasteiger partial charge in [-0.15, -0.1) is 0 Å². The SMILES string of the molecule is CC(C)c1ccc(F)cc1Cl.CC(C)c1ccccc1C#N.CC(C)c1ccccc1C(F)(F)F.CC(C)c1ccccc1CCCN.CC(C)c1ccccc1Cl.CC(C)c1ccccc1N=[N+]=[N-].Cc1ccccc1C(C)C. The number of nitrogens with zero attached hydrogens (tertiary/aromatic N) is 4. The molecule has 0 heterocycles. The predicted molar refractivity (Wildman–Crippen MR) is 334 cm³/mol. The van der Waals surface area contributed by atoms with Crippen LogP contribution in [0.4, 0.5) is 23.2 Å². The van der Waals surface area contributed by atoms with Crippen LogP contribution < -0.4 is 5.73 Å². The van der Waals surface area contributed by atoms with Crippen molar-refractivity contribution in [1.29, 1.82) is 5.26 Å². The van der Waals surface area contributed by atoms with Gasteiger partial charge in [-0.05, 0) is 154 Å². The van der Waals surface area contributed by atoms with Gasteiger partial charge >= 0.3 is 6.18 Å². The fraction of sp³-hybridized carbons (Fsp3) is 0.377. The van der Waals surface area contributed by atoms with Crippen molar-refractivity contribution in [1.82, 2.24) is 0 Å². The Morgan fingerprint density at radius 2 is 0.925 bits per heavy atom. The normalized spacial score (nSPS) is 10.6. The van der Waals surface area contributed by atoms with E-state index in [0.717, 1.165) is 58.4 Å². The summed E-state index contributed by atoms with van der Waals surface area (Å²) in [7, 11) is 0. The molecule has 0 spiro atoms. The van der Waals surface area contributed by atoms with E-state index in [1.165, 1.54) is 52.1 Å². The molecule has 0 saturated heterocycles.